The lowest BCUT2D eigenvalue weighted by Crippen LogP contribution is -2.15. The number of halogens is 1. The van der Waals surface area contributed by atoms with Gasteiger partial charge >= 0.3 is 11.9 Å². The van der Waals surface area contributed by atoms with Crippen LogP contribution in [-0.2, 0) is 19.1 Å². The maximum Gasteiger partial charge on any atom is 0.333 e. The van der Waals surface area contributed by atoms with Gasteiger partial charge in [0, 0.05) is 17.8 Å². The summed E-state index contributed by atoms with van der Waals surface area (Å²) in [6, 6.07) is 17.0. The molecule has 0 unspecified atom stereocenters. The van der Waals surface area contributed by atoms with Gasteiger partial charge in [-0.1, -0.05) is 49.6 Å². The van der Waals surface area contributed by atoms with E-state index in [4.69, 9.17) is 18.9 Å². The monoisotopic (exact) mass is 644 g/mol. The van der Waals surface area contributed by atoms with Crippen molar-refractivity contribution in [3.05, 3.63) is 95.8 Å². The average molecular weight is 645 g/mol. The number of carbonyl (C=O) groups excluding carboxylic acids is 2. The third-order valence-corrected chi connectivity index (χ3v) is 8.39. The molecule has 7 nitrogen and oxygen atoms in total. The maximum absolute atomic E-state index is 15.4. The number of esters is 2. The van der Waals surface area contributed by atoms with Crippen LogP contribution in [0.2, 0.25) is 0 Å². The first kappa shape index (κ1) is 35.4. The lowest BCUT2D eigenvalue weighted by molar-refractivity contribution is -0.140. The maximum atomic E-state index is 15.4. The van der Waals surface area contributed by atoms with E-state index >= 15 is 4.39 Å². The van der Waals surface area contributed by atoms with Crippen LogP contribution in [0.4, 0.5) is 4.39 Å². The van der Waals surface area contributed by atoms with Crippen molar-refractivity contribution in [2.75, 3.05) is 33.0 Å². The largest absolute Gasteiger partial charge is 0.489 e. The first-order valence-corrected chi connectivity index (χ1v) is 16.1. The second kappa shape index (κ2) is 16.9. The molecule has 0 atom stereocenters. The number of ether oxygens (including phenoxy) is 4. The number of benzene rings is 3. The van der Waals surface area contributed by atoms with Gasteiger partial charge < -0.3 is 24.1 Å². The van der Waals surface area contributed by atoms with Gasteiger partial charge in [-0.25, -0.2) is 14.0 Å². The quantitative estimate of drug-likeness (QED) is 0.102. The molecular formula is C39H45FO7. The molecular weight excluding hydrogens is 599 g/mol. The van der Waals surface area contributed by atoms with Crippen LogP contribution in [0.5, 0.6) is 11.5 Å². The first-order chi connectivity index (χ1) is 22.6. The van der Waals surface area contributed by atoms with Crippen molar-refractivity contribution in [3.63, 3.8) is 0 Å². The molecule has 3 aromatic rings. The Balaban J connectivity index is 1.55. The van der Waals surface area contributed by atoms with E-state index < -0.39 is 11.9 Å². The van der Waals surface area contributed by atoms with E-state index in [-0.39, 0.29) is 44.8 Å². The van der Waals surface area contributed by atoms with E-state index in [2.05, 4.69) is 13.2 Å². The lowest BCUT2D eigenvalue weighted by atomic mass is 9.77. The number of rotatable bonds is 15. The Labute approximate surface area is 277 Å². The summed E-state index contributed by atoms with van der Waals surface area (Å²) in [4.78, 5) is 23.6. The highest BCUT2D eigenvalue weighted by molar-refractivity contribution is 5.87. The van der Waals surface area contributed by atoms with Crippen LogP contribution in [0.1, 0.15) is 63.0 Å². The van der Waals surface area contributed by atoms with Gasteiger partial charge in [-0.15, -0.1) is 0 Å². The topological polar surface area (TPSA) is 91.3 Å². The van der Waals surface area contributed by atoms with E-state index in [1.807, 2.05) is 55.5 Å². The Hall–Kier alpha value is -4.43. The molecule has 1 N–H and O–H groups in total. The van der Waals surface area contributed by atoms with Crippen LogP contribution in [0, 0.1) is 18.7 Å². The summed E-state index contributed by atoms with van der Waals surface area (Å²) in [7, 11) is 0. The third kappa shape index (κ3) is 9.78. The molecule has 0 amide bonds. The molecule has 1 saturated carbocycles. The molecule has 0 aromatic heterocycles. The zero-order valence-electron chi connectivity index (χ0n) is 27.6. The van der Waals surface area contributed by atoms with Crippen molar-refractivity contribution in [2.45, 2.75) is 58.8 Å². The number of carbonyl (C=O) groups is 2. The van der Waals surface area contributed by atoms with Gasteiger partial charge in [-0.2, -0.15) is 0 Å². The Kier molecular flexibility index (Phi) is 12.8. The smallest absolute Gasteiger partial charge is 0.333 e. The van der Waals surface area contributed by atoms with Gasteiger partial charge in [0.1, 0.15) is 43.7 Å². The molecule has 4 rings (SSSR count). The molecule has 47 heavy (non-hydrogen) atoms. The number of hydrogen-bond donors (Lipinski definition) is 1. The summed E-state index contributed by atoms with van der Waals surface area (Å²) in [5, 5.41) is 9.25. The molecule has 250 valence electrons. The van der Waals surface area contributed by atoms with Crippen molar-refractivity contribution in [1.82, 2.24) is 0 Å². The minimum Gasteiger partial charge on any atom is -0.489 e. The summed E-state index contributed by atoms with van der Waals surface area (Å²) in [5.41, 5.74) is 5.37. The third-order valence-electron chi connectivity index (χ3n) is 8.39. The molecule has 0 spiro atoms. The van der Waals surface area contributed by atoms with Gasteiger partial charge in [0.2, 0.25) is 0 Å². The van der Waals surface area contributed by atoms with Crippen molar-refractivity contribution in [1.29, 1.82) is 0 Å². The summed E-state index contributed by atoms with van der Waals surface area (Å²) >= 11 is 0. The van der Waals surface area contributed by atoms with Gasteiger partial charge in [-0.05, 0) is 111 Å². The summed E-state index contributed by atoms with van der Waals surface area (Å²) in [6.07, 6.45) is 4.73. The second-order valence-electron chi connectivity index (χ2n) is 12.2. The van der Waals surface area contributed by atoms with E-state index in [0.717, 1.165) is 59.9 Å². The highest BCUT2D eigenvalue weighted by atomic mass is 19.1. The fraction of sp³-hybridized carbons (Fsp3) is 0.385. The highest BCUT2D eigenvalue weighted by Gasteiger charge is 2.24. The summed E-state index contributed by atoms with van der Waals surface area (Å²) in [6.45, 7) is 12.8. The normalized spacial score (nSPS) is 15.9. The predicted octanol–water partition coefficient (Wildman–Crippen LogP) is 8.12. The van der Waals surface area contributed by atoms with E-state index in [0.29, 0.717) is 34.1 Å². The molecule has 0 saturated heterocycles. The van der Waals surface area contributed by atoms with Gasteiger partial charge in [-0.3, -0.25) is 0 Å². The standard InChI is InChI=1S/C39H45FO7/c1-25(2)38(42)46-20-18-44-35-22-27(5)23-36(45-19-21-47-39(43)26(3)4)37(35)31-12-10-29(11-13-31)32-14-15-33(34(40)24-32)30-8-6-28(7-9-30)16-17-41/h10-15,22-24,28,30,41H,1,3,6-9,16-21H2,2,4-5H3. The molecule has 0 radical (unpaired) electrons. The van der Waals surface area contributed by atoms with Crippen molar-refractivity contribution in [3.8, 4) is 33.8 Å². The predicted molar refractivity (Wildman–Crippen MR) is 181 cm³/mol. The van der Waals surface area contributed by atoms with Gasteiger partial charge in [0.25, 0.3) is 0 Å². The minimum absolute atomic E-state index is 0.0384. The fourth-order valence-corrected chi connectivity index (χ4v) is 5.86. The van der Waals surface area contributed by atoms with Crippen molar-refractivity contribution >= 4 is 11.9 Å². The van der Waals surface area contributed by atoms with E-state index in [9.17, 15) is 14.7 Å². The fourth-order valence-electron chi connectivity index (χ4n) is 5.86. The first-order valence-electron chi connectivity index (χ1n) is 16.1. The Morgan fingerprint density at radius 3 is 1.77 bits per heavy atom. The number of aliphatic hydroxyl groups excluding tert-OH is 1. The Morgan fingerprint density at radius 1 is 0.766 bits per heavy atom. The Morgan fingerprint density at radius 2 is 1.28 bits per heavy atom. The Bertz CT molecular complexity index is 1510. The summed E-state index contributed by atoms with van der Waals surface area (Å²) < 4.78 is 38.0. The van der Waals surface area contributed by atoms with Crippen LogP contribution in [-0.4, -0.2) is 50.1 Å². The zero-order chi connectivity index (χ0) is 33.9. The molecule has 8 heteroatoms. The lowest BCUT2D eigenvalue weighted by Gasteiger charge is -2.28. The van der Waals surface area contributed by atoms with Crippen LogP contribution in [0.25, 0.3) is 22.3 Å². The highest BCUT2D eigenvalue weighted by Crippen LogP contribution is 2.42. The molecule has 3 aromatic carbocycles. The number of aliphatic hydroxyl groups is 1. The number of aryl methyl sites for hydroxylation is 1. The van der Waals surface area contributed by atoms with Crippen LogP contribution >= 0.6 is 0 Å². The summed E-state index contributed by atoms with van der Waals surface area (Å²) in [5.74, 6) is 0.619. The van der Waals surface area contributed by atoms with Crippen LogP contribution in [0.3, 0.4) is 0 Å². The van der Waals surface area contributed by atoms with Gasteiger partial charge in [0.05, 0.1) is 5.56 Å². The van der Waals surface area contributed by atoms with Crippen molar-refractivity contribution in [2.24, 2.45) is 5.92 Å². The van der Waals surface area contributed by atoms with Crippen LogP contribution < -0.4 is 9.47 Å². The molecule has 0 heterocycles. The molecule has 1 aliphatic rings. The van der Waals surface area contributed by atoms with Gasteiger partial charge in [0.15, 0.2) is 0 Å². The number of hydrogen-bond acceptors (Lipinski definition) is 7. The average Bonchev–Trinajstić information content (AvgIpc) is 3.05. The van der Waals surface area contributed by atoms with Crippen molar-refractivity contribution < 1.29 is 38.0 Å². The molecule has 0 bridgehead atoms. The van der Waals surface area contributed by atoms with E-state index in [1.54, 1.807) is 19.9 Å². The van der Waals surface area contributed by atoms with E-state index in [1.165, 1.54) is 0 Å². The minimum atomic E-state index is -0.489. The molecule has 1 fully saturated rings. The van der Waals surface area contributed by atoms with Crippen LogP contribution in [0.15, 0.2) is 78.9 Å². The molecule has 0 aliphatic heterocycles. The second-order valence-corrected chi connectivity index (χ2v) is 12.2. The SMILES string of the molecule is C=C(C)C(=O)OCCOc1cc(C)cc(OCCOC(=O)C(=C)C)c1-c1ccc(-c2ccc(C3CCC(CCO)CC3)c(F)c2)cc1. The molecule has 1 aliphatic carbocycles. The zero-order valence-corrected chi connectivity index (χ0v) is 27.6.